The topological polar surface area (TPSA) is 122 Å². The summed E-state index contributed by atoms with van der Waals surface area (Å²) in [7, 11) is 0. The number of aromatic nitrogens is 3. The normalized spacial score (nSPS) is 13.7. The van der Waals surface area contributed by atoms with Gasteiger partial charge in [0.2, 0.25) is 0 Å². The predicted molar refractivity (Wildman–Crippen MR) is 149 cm³/mol. The zero-order valence-electron chi connectivity index (χ0n) is 22.3. The number of amidine groups is 1. The number of ether oxygens (including phenoxy) is 1. The summed E-state index contributed by atoms with van der Waals surface area (Å²) in [6.07, 6.45) is 2.26. The van der Waals surface area contributed by atoms with Crippen LogP contribution in [0.5, 0.6) is 0 Å². The van der Waals surface area contributed by atoms with Gasteiger partial charge in [-0.15, -0.1) is 0 Å². The van der Waals surface area contributed by atoms with Crippen molar-refractivity contribution in [3.8, 4) is 16.8 Å². The van der Waals surface area contributed by atoms with E-state index in [1.54, 1.807) is 37.3 Å². The molecule has 39 heavy (non-hydrogen) atoms. The Balaban J connectivity index is 1.65. The summed E-state index contributed by atoms with van der Waals surface area (Å²) in [6.45, 7) is 8.32. The van der Waals surface area contributed by atoms with E-state index in [9.17, 15) is 14.7 Å². The molecule has 9 nitrogen and oxygen atoms in total. The second-order valence-electron chi connectivity index (χ2n) is 10.6. The van der Waals surface area contributed by atoms with Crippen molar-refractivity contribution in [1.82, 2.24) is 14.8 Å². The summed E-state index contributed by atoms with van der Waals surface area (Å²) < 4.78 is 21.8. The van der Waals surface area contributed by atoms with Crippen molar-refractivity contribution in [1.29, 1.82) is 0 Å². The number of anilines is 1. The number of aliphatic hydroxyl groups excluding tert-OH is 1. The standard InChI is InChI=1S/C29H30FN5O4/c1-16-20(13-23(26(37)33-16)34-28-31-9-6-10-39-28)19-7-5-8-24(21(19)15-36)35-27(38)25-17(14-32-35)11-18(12-22(25)30)29(2,3)4/h5,7-8,11-14,36H,6,9-10,15H2,1-4H3,(H,31,34)(H,33,37). The molecule has 1 aliphatic heterocycles. The molecule has 0 aliphatic carbocycles. The summed E-state index contributed by atoms with van der Waals surface area (Å²) in [4.78, 5) is 33.2. The Morgan fingerprint density at radius 3 is 2.67 bits per heavy atom. The lowest BCUT2D eigenvalue weighted by atomic mass is 9.86. The summed E-state index contributed by atoms with van der Waals surface area (Å²) in [5.41, 5.74) is 2.15. The zero-order chi connectivity index (χ0) is 27.9. The molecular weight excluding hydrogens is 501 g/mol. The first-order valence-corrected chi connectivity index (χ1v) is 12.7. The van der Waals surface area contributed by atoms with Crippen LogP contribution in [0.4, 0.5) is 10.1 Å². The van der Waals surface area contributed by atoms with E-state index in [2.05, 4.69) is 20.4 Å². The van der Waals surface area contributed by atoms with Crippen LogP contribution in [0.25, 0.3) is 27.6 Å². The Bertz CT molecular complexity index is 1730. The predicted octanol–water partition coefficient (Wildman–Crippen LogP) is 4.17. The van der Waals surface area contributed by atoms with Gasteiger partial charge in [-0.05, 0) is 47.7 Å². The van der Waals surface area contributed by atoms with Gasteiger partial charge in [-0.1, -0.05) is 32.9 Å². The van der Waals surface area contributed by atoms with Crippen LogP contribution < -0.4 is 16.4 Å². The van der Waals surface area contributed by atoms with Gasteiger partial charge in [-0.25, -0.2) is 9.38 Å². The summed E-state index contributed by atoms with van der Waals surface area (Å²) in [6, 6.07) is 10.2. The molecule has 0 radical (unpaired) electrons. The van der Waals surface area contributed by atoms with E-state index in [-0.39, 0.29) is 28.1 Å². The zero-order valence-corrected chi connectivity index (χ0v) is 22.3. The average molecular weight is 532 g/mol. The smallest absolute Gasteiger partial charge is 0.289 e. The highest BCUT2D eigenvalue weighted by molar-refractivity contribution is 5.90. The van der Waals surface area contributed by atoms with Crippen LogP contribution in [0.2, 0.25) is 0 Å². The van der Waals surface area contributed by atoms with Crippen LogP contribution in [-0.2, 0) is 16.8 Å². The molecule has 3 heterocycles. The minimum atomic E-state index is -0.634. The molecule has 0 saturated carbocycles. The van der Waals surface area contributed by atoms with Crippen molar-refractivity contribution in [2.24, 2.45) is 4.99 Å². The molecule has 202 valence electrons. The molecule has 2 aromatic carbocycles. The van der Waals surface area contributed by atoms with E-state index in [1.165, 1.54) is 12.3 Å². The van der Waals surface area contributed by atoms with Crippen LogP contribution in [0.3, 0.4) is 0 Å². The number of aromatic amines is 1. The number of H-pyrrole nitrogens is 1. The minimum absolute atomic E-state index is 0.0766. The van der Waals surface area contributed by atoms with Gasteiger partial charge in [0.25, 0.3) is 17.1 Å². The van der Waals surface area contributed by atoms with Crippen molar-refractivity contribution in [2.75, 3.05) is 18.5 Å². The number of pyridine rings is 1. The van der Waals surface area contributed by atoms with E-state index in [0.29, 0.717) is 46.6 Å². The van der Waals surface area contributed by atoms with Gasteiger partial charge < -0.3 is 20.1 Å². The number of hydrogen-bond donors (Lipinski definition) is 3. The Labute approximate surface area is 224 Å². The molecule has 0 fully saturated rings. The van der Waals surface area contributed by atoms with Crippen LogP contribution in [0.1, 0.15) is 44.0 Å². The minimum Gasteiger partial charge on any atom is -0.465 e. The van der Waals surface area contributed by atoms with Gasteiger partial charge in [-0.3, -0.25) is 9.59 Å². The number of fused-ring (bicyclic) bond motifs is 1. The van der Waals surface area contributed by atoms with Gasteiger partial charge >= 0.3 is 0 Å². The first kappa shape index (κ1) is 26.3. The lowest BCUT2D eigenvalue weighted by molar-refractivity contribution is 0.281. The van der Waals surface area contributed by atoms with Gasteiger partial charge in [-0.2, -0.15) is 9.78 Å². The monoisotopic (exact) mass is 531 g/mol. The van der Waals surface area contributed by atoms with E-state index < -0.39 is 18.0 Å². The lowest BCUT2D eigenvalue weighted by Crippen LogP contribution is -2.26. The van der Waals surface area contributed by atoms with Crippen LogP contribution >= 0.6 is 0 Å². The van der Waals surface area contributed by atoms with Gasteiger partial charge in [0.1, 0.15) is 11.5 Å². The third-order valence-electron chi connectivity index (χ3n) is 6.81. The molecule has 0 bridgehead atoms. The Kier molecular flexibility index (Phi) is 6.82. The fourth-order valence-corrected chi connectivity index (χ4v) is 4.68. The van der Waals surface area contributed by atoms with Crippen molar-refractivity contribution < 1.29 is 14.2 Å². The maximum atomic E-state index is 15.2. The quantitative estimate of drug-likeness (QED) is 0.364. The molecule has 0 spiro atoms. The number of hydrogen-bond acceptors (Lipinski definition) is 7. The van der Waals surface area contributed by atoms with Crippen molar-refractivity contribution >= 4 is 22.5 Å². The van der Waals surface area contributed by atoms with Gasteiger partial charge in [0.15, 0.2) is 0 Å². The van der Waals surface area contributed by atoms with Crippen molar-refractivity contribution in [2.45, 2.75) is 46.1 Å². The Morgan fingerprint density at radius 2 is 1.97 bits per heavy atom. The first-order chi connectivity index (χ1) is 18.6. The van der Waals surface area contributed by atoms with E-state index >= 15 is 4.39 Å². The molecule has 4 aromatic rings. The molecule has 0 saturated heterocycles. The second-order valence-corrected chi connectivity index (χ2v) is 10.6. The maximum absolute atomic E-state index is 15.2. The Morgan fingerprint density at radius 1 is 1.18 bits per heavy atom. The molecule has 10 heteroatoms. The number of nitrogens with one attached hydrogen (secondary N) is 2. The van der Waals surface area contributed by atoms with E-state index in [0.717, 1.165) is 16.7 Å². The van der Waals surface area contributed by atoms with Crippen molar-refractivity contribution in [3.05, 3.63) is 85.9 Å². The molecule has 2 aromatic heterocycles. The SMILES string of the molecule is Cc1[nH]c(=O)c(NC2=NCCCO2)cc1-c1cccc(-n2ncc3cc(C(C)(C)C)cc(F)c3c2=O)c1CO. The summed E-state index contributed by atoms with van der Waals surface area (Å²) >= 11 is 0. The van der Waals surface area contributed by atoms with Crippen molar-refractivity contribution in [3.63, 3.8) is 0 Å². The number of aryl methyl sites for hydroxylation is 1. The van der Waals surface area contributed by atoms with Gasteiger partial charge in [0.05, 0.1) is 30.5 Å². The molecular formula is C29H30FN5O4. The molecule has 3 N–H and O–H groups in total. The molecule has 0 unspecified atom stereocenters. The molecule has 0 atom stereocenters. The number of nitrogens with zero attached hydrogens (tertiary/aromatic N) is 3. The number of halogens is 1. The number of rotatable bonds is 4. The third-order valence-corrected chi connectivity index (χ3v) is 6.81. The largest absolute Gasteiger partial charge is 0.465 e. The average Bonchev–Trinajstić information content (AvgIpc) is 2.90. The van der Waals surface area contributed by atoms with Gasteiger partial charge in [0, 0.05) is 35.2 Å². The lowest BCUT2D eigenvalue weighted by Gasteiger charge is -2.20. The van der Waals surface area contributed by atoms with E-state index in [1.807, 2.05) is 20.8 Å². The Hall–Kier alpha value is -4.31. The third kappa shape index (κ3) is 4.95. The number of aliphatic hydroxyl groups is 1. The van der Waals surface area contributed by atoms with Crippen LogP contribution in [0, 0.1) is 12.7 Å². The van der Waals surface area contributed by atoms with Crippen LogP contribution in [-0.4, -0.2) is 39.0 Å². The van der Waals surface area contributed by atoms with E-state index in [4.69, 9.17) is 4.74 Å². The number of benzene rings is 2. The summed E-state index contributed by atoms with van der Waals surface area (Å²) in [5, 5.41) is 18.0. The molecule has 5 rings (SSSR count). The summed E-state index contributed by atoms with van der Waals surface area (Å²) in [5.74, 6) is -0.625. The molecule has 1 aliphatic rings. The van der Waals surface area contributed by atoms with Crippen LogP contribution in [0.15, 0.2) is 57.2 Å². The highest BCUT2D eigenvalue weighted by atomic mass is 19.1. The first-order valence-electron chi connectivity index (χ1n) is 12.7. The second kappa shape index (κ2) is 10.1. The highest BCUT2D eigenvalue weighted by Crippen LogP contribution is 2.31. The fraction of sp³-hybridized carbons (Fsp3) is 0.310. The maximum Gasteiger partial charge on any atom is 0.289 e. The highest BCUT2D eigenvalue weighted by Gasteiger charge is 2.21. The number of aliphatic imine (C=N–C) groups is 1. The molecule has 0 amide bonds. The fourth-order valence-electron chi connectivity index (χ4n) is 4.68.